The van der Waals surface area contributed by atoms with Crippen molar-refractivity contribution in [2.75, 3.05) is 5.73 Å². The molecule has 1 saturated carbocycles. The molecule has 0 bridgehead atoms. The second-order valence-electron chi connectivity index (χ2n) is 9.09. The van der Waals surface area contributed by atoms with E-state index in [0.717, 1.165) is 39.6 Å². The van der Waals surface area contributed by atoms with E-state index >= 15 is 0 Å². The van der Waals surface area contributed by atoms with Crippen LogP contribution in [0.1, 0.15) is 47.2 Å². The Labute approximate surface area is 216 Å². The maximum Gasteiger partial charge on any atom is 0.153 e. The lowest BCUT2D eigenvalue weighted by Crippen LogP contribution is -2.01. The van der Waals surface area contributed by atoms with Gasteiger partial charge in [-0.05, 0) is 44.0 Å². The van der Waals surface area contributed by atoms with Gasteiger partial charge in [0.1, 0.15) is 47.0 Å². The van der Waals surface area contributed by atoms with Gasteiger partial charge in [-0.2, -0.15) is 5.10 Å². The summed E-state index contributed by atoms with van der Waals surface area (Å²) < 4.78 is 27.7. The minimum Gasteiger partial charge on any atom is -0.488 e. The number of ether oxygens (including phenoxy) is 2. The van der Waals surface area contributed by atoms with Gasteiger partial charge in [0.2, 0.25) is 0 Å². The number of aryl methyl sites for hydroxylation is 1. The van der Waals surface area contributed by atoms with Crippen LogP contribution in [0, 0.1) is 12.7 Å². The van der Waals surface area contributed by atoms with E-state index in [1.54, 1.807) is 28.3 Å². The van der Waals surface area contributed by atoms with E-state index < -0.39 is 5.82 Å². The molecule has 1 fully saturated rings. The fourth-order valence-electron chi connectivity index (χ4n) is 4.75. The van der Waals surface area contributed by atoms with Crippen molar-refractivity contribution in [1.29, 1.82) is 0 Å². The van der Waals surface area contributed by atoms with Crippen LogP contribution in [0.25, 0.3) is 16.7 Å². The Bertz CT molecular complexity index is 1560. The van der Waals surface area contributed by atoms with Crippen molar-refractivity contribution in [1.82, 2.24) is 24.7 Å². The highest BCUT2D eigenvalue weighted by Crippen LogP contribution is 2.38. The first-order valence-electron chi connectivity index (χ1n) is 12.2. The third-order valence-corrected chi connectivity index (χ3v) is 7.35. The number of halogens is 1. The largest absolute Gasteiger partial charge is 0.488 e. The molecule has 2 aromatic carbocycles. The molecule has 188 valence electrons. The van der Waals surface area contributed by atoms with Crippen LogP contribution in [-0.4, -0.2) is 24.7 Å². The molecule has 10 heteroatoms. The first-order chi connectivity index (χ1) is 18.0. The number of nitrogens with two attached hydrogens (primary N) is 1. The fourth-order valence-corrected chi connectivity index (χ4v) is 5.46. The van der Waals surface area contributed by atoms with Gasteiger partial charge in [-0.25, -0.2) is 24.0 Å². The van der Waals surface area contributed by atoms with E-state index in [-0.39, 0.29) is 0 Å². The third kappa shape index (κ3) is 4.84. The van der Waals surface area contributed by atoms with E-state index in [1.165, 1.54) is 31.3 Å². The molecule has 0 radical (unpaired) electrons. The summed E-state index contributed by atoms with van der Waals surface area (Å²) in [6.07, 6.45) is 7.86. The van der Waals surface area contributed by atoms with Crippen LogP contribution in [0.15, 0.2) is 55.0 Å². The highest BCUT2D eigenvalue weighted by Gasteiger charge is 2.26. The van der Waals surface area contributed by atoms with Gasteiger partial charge >= 0.3 is 0 Å². The van der Waals surface area contributed by atoms with E-state index in [2.05, 4.69) is 15.0 Å². The Kier molecular flexibility index (Phi) is 6.17. The van der Waals surface area contributed by atoms with Crippen molar-refractivity contribution in [3.8, 4) is 22.9 Å². The monoisotopic (exact) mass is 516 g/mol. The number of thiazole rings is 1. The van der Waals surface area contributed by atoms with Gasteiger partial charge in [0.05, 0.1) is 21.3 Å². The number of benzene rings is 2. The molecule has 37 heavy (non-hydrogen) atoms. The molecule has 0 saturated heterocycles. The average Bonchev–Trinajstić information content (AvgIpc) is 3.63. The summed E-state index contributed by atoms with van der Waals surface area (Å²) in [4.78, 5) is 13.9. The molecule has 0 atom stereocenters. The first-order valence-corrected chi connectivity index (χ1v) is 13.0. The van der Waals surface area contributed by atoms with Crippen molar-refractivity contribution in [3.63, 3.8) is 0 Å². The van der Waals surface area contributed by atoms with Crippen LogP contribution in [0.2, 0.25) is 0 Å². The van der Waals surface area contributed by atoms with Crippen LogP contribution in [-0.2, 0) is 6.61 Å². The smallest absolute Gasteiger partial charge is 0.153 e. The molecular formula is C27H25FN6O2S. The summed E-state index contributed by atoms with van der Waals surface area (Å²) in [7, 11) is 0. The van der Waals surface area contributed by atoms with Crippen molar-refractivity contribution in [2.24, 2.45) is 0 Å². The van der Waals surface area contributed by atoms with Crippen molar-refractivity contribution >= 4 is 28.2 Å². The number of aromatic nitrogens is 5. The maximum absolute atomic E-state index is 14.3. The van der Waals surface area contributed by atoms with E-state index in [4.69, 9.17) is 20.3 Å². The Balaban J connectivity index is 1.23. The van der Waals surface area contributed by atoms with Gasteiger partial charge in [-0.1, -0.05) is 12.8 Å². The summed E-state index contributed by atoms with van der Waals surface area (Å²) in [5, 5.41) is 5.87. The molecule has 1 aliphatic carbocycles. The summed E-state index contributed by atoms with van der Waals surface area (Å²) in [6, 6.07) is 11.7. The van der Waals surface area contributed by atoms with Crippen molar-refractivity contribution < 1.29 is 13.9 Å². The molecule has 2 N–H and O–H groups in total. The van der Waals surface area contributed by atoms with Crippen LogP contribution >= 0.6 is 11.3 Å². The molecule has 5 aromatic rings. The lowest BCUT2D eigenvalue weighted by Gasteiger charge is -2.10. The number of rotatable bonds is 7. The highest BCUT2D eigenvalue weighted by molar-refractivity contribution is 7.11. The Morgan fingerprint density at radius 2 is 1.81 bits per heavy atom. The van der Waals surface area contributed by atoms with Gasteiger partial charge in [-0.15, -0.1) is 11.3 Å². The number of nitrogen functional groups attached to an aromatic ring is 1. The molecule has 8 nitrogen and oxygen atoms in total. The summed E-state index contributed by atoms with van der Waals surface area (Å²) in [5.74, 6) is 1.61. The van der Waals surface area contributed by atoms with Gasteiger partial charge in [0.25, 0.3) is 0 Å². The standard InChI is InChI=1S/C27H25FN6O2S/c1-16-30-13-23(37-16)14-35-21-10-18(28)11-22(12-21)36-20-8-6-19(7-9-20)34-26-25(31-15-32-27(26)29)24(33-34)17-4-2-3-5-17/h6-13,15,17H,2-5,14H2,1H3,(H2,29,31,32). The van der Waals surface area contributed by atoms with Crippen molar-refractivity contribution in [3.05, 3.63) is 76.4 Å². The lowest BCUT2D eigenvalue weighted by atomic mass is 10.0. The Morgan fingerprint density at radius 1 is 1.03 bits per heavy atom. The molecule has 0 spiro atoms. The number of anilines is 1. The Morgan fingerprint density at radius 3 is 2.57 bits per heavy atom. The number of fused-ring (bicyclic) bond motifs is 1. The number of nitrogens with zero attached hydrogens (tertiary/aromatic N) is 5. The van der Waals surface area contributed by atoms with Crippen LogP contribution in [0.5, 0.6) is 17.2 Å². The van der Waals surface area contributed by atoms with E-state index in [0.29, 0.717) is 41.1 Å². The van der Waals surface area contributed by atoms with Gasteiger partial charge in [0.15, 0.2) is 5.82 Å². The van der Waals surface area contributed by atoms with E-state index in [1.807, 2.05) is 31.2 Å². The first kappa shape index (κ1) is 23.4. The lowest BCUT2D eigenvalue weighted by molar-refractivity contribution is 0.306. The zero-order chi connectivity index (χ0) is 25.4. The van der Waals surface area contributed by atoms with Gasteiger partial charge in [0, 0.05) is 30.3 Å². The highest BCUT2D eigenvalue weighted by atomic mass is 32.1. The van der Waals surface area contributed by atoms with Gasteiger partial charge in [-0.3, -0.25) is 0 Å². The molecule has 1 aliphatic rings. The van der Waals surface area contributed by atoms with Gasteiger partial charge < -0.3 is 15.2 Å². The minimum atomic E-state index is -0.442. The molecule has 0 aliphatic heterocycles. The molecular weight excluding hydrogens is 491 g/mol. The molecule has 0 amide bonds. The van der Waals surface area contributed by atoms with Crippen LogP contribution in [0.4, 0.5) is 10.2 Å². The molecule has 6 rings (SSSR count). The fraction of sp³-hybridized carbons (Fsp3) is 0.259. The minimum absolute atomic E-state index is 0.316. The second kappa shape index (κ2) is 9.78. The topological polar surface area (TPSA) is 101 Å². The third-order valence-electron chi connectivity index (χ3n) is 6.47. The molecule has 3 heterocycles. The quantitative estimate of drug-likeness (QED) is 0.270. The molecule has 0 unspecified atom stereocenters. The van der Waals surface area contributed by atoms with E-state index in [9.17, 15) is 4.39 Å². The summed E-state index contributed by atoms with van der Waals surface area (Å²) in [5.41, 5.74) is 9.54. The summed E-state index contributed by atoms with van der Waals surface area (Å²) >= 11 is 1.54. The normalized spacial score (nSPS) is 13.9. The van der Waals surface area contributed by atoms with Crippen molar-refractivity contribution in [2.45, 2.75) is 45.1 Å². The second-order valence-corrected chi connectivity index (χ2v) is 10.4. The predicted octanol–water partition coefficient (Wildman–Crippen LogP) is 6.33. The van der Waals surface area contributed by atoms with Crippen LogP contribution < -0.4 is 15.2 Å². The zero-order valence-corrected chi connectivity index (χ0v) is 21.0. The molecule has 3 aromatic heterocycles. The SMILES string of the molecule is Cc1ncc(COc2cc(F)cc(Oc3ccc(-n4nc(C5CCCC5)c5ncnc(N)c54)cc3)c2)s1. The average molecular weight is 517 g/mol. The predicted molar refractivity (Wildman–Crippen MR) is 140 cm³/mol. The number of hydrogen-bond donors (Lipinski definition) is 1. The van der Waals surface area contributed by atoms with Crippen LogP contribution in [0.3, 0.4) is 0 Å². The number of hydrogen-bond acceptors (Lipinski definition) is 8. The maximum atomic E-state index is 14.3. The zero-order valence-electron chi connectivity index (χ0n) is 20.2. The summed E-state index contributed by atoms with van der Waals surface area (Å²) in [6.45, 7) is 2.25. The Hall–Kier alpha value is -4.05.